The Labute approximate surface area is 84.7 Å². The molecule has 0 bridgehead atoms. The van der Waals surface area contributed by atoms with E-state index in [2.05, 4.69) is 0 Å². The maximum atomic E-state index is 11.0. The van der Waals surface area contributed by atoms with Crippen molar-refractivity contribution in [3.05, 3.63) is 0 Å². The summed E-state index contributed by atoms with van der Waals surface area (Å²) in [6.45, 7) is 0. The highest BCUT2D eigenvalue weighted by molar-refractivity contribution is 5.73. The van der Waals surface area contributed by atoms with Gasteiger partial charge in [-0.25, -0.2) is 0 Å². The Bertz CT molecular complexity index is 229. The molecule has 0 amide bonds. The molecule has 2 aliphatic carbocycles. The molecule has 0 radical (unpaired) electrons. The molecular formula is C11H19NO2. The van der Waals surface area contributed by atoms with Crippen LogP contribution in [0.1, 0.15) is 38.5 Å². The third kappa shape index (κ3) is 1.54. The summed E-state index contributed by atoms with van der Waals surface area (Å²) >= 11 is 0. The predicted octanol–water partition coefficient (Wildman–Crippen LogP) is 1.61. The summed E-state index contributed by atoms with van der Waals surface area (Å²) in [7, 11) is 0. The number of carboxylic acids is 1. The van der Waals surface area contributed by atoms with Gasteiger partial charge in [-0.2, -0.15) is 0 Å². The first-order valence-corrected chi connectivity index (χ1v) is 5.70. The molecule has 4 atom stereocenters. The number of carboxylic acid groups (broad SMARTS) is 1. The quantitative estimate of drug-likeness (QED) is 0.671. The lowest BCUT2D eigenvalue weighted by Crippen LogP contribution is -2.59. The number of carbonyl (C=O) groups is 1. The van der Waals surface area contributed by atoms with Crippen molar-refractivity contribution in [3.63, 3.8) is 0 Å². The van der Waals surface area contributed by atoms with Crippen molar-refractivity contribution in [2.75, 3.05) is 0 Å². The zero-order chi connectivity index (χ0) is 10.1. The number of hydrogen-bond donors (Lipinski definition) is 2. The zero-order valence-electron chi connectivity index (χ0n) is 8.48. The topological polar surface area (TPSA) is 63.3 Å². The molecule has 0 spiro atoms. The zero-order valence-corrected chi connectivity index (χ0v) is 8.48. The van der Waals surface area contributed by atoms with Crippen LogP contribution in [0, 0.1) is 17.8 Å². The van der Waals surface area contributed by atoms with Crippen LogP contribution in [-0.2, 0) is 4.79 Å². The Hall–Kier alpha value is -0.570. The third-order valence-corrected chi connectivity index (χ3v) is 4.03. The predicted molar refractivity (Wildman–Crippen MR) is 53.8 cm³/mol. The molecule has 2 fully saturated rings. The van der Waals surface area contributed by atoms with Gasteiger partial charge < -0.3 is 10.8 Å². The van der Waals surface area contributed by atoms with Crippen molar-refractivity contribution >= 4 is 5.97 Å². The minimum atomic E-state index is -0.681. The maximum Gasteiger partial charge on any atom is 0.308 e. The molecule has 0 aromatic heterocycles. The molecular weight excluding hydrogens is 178 g/mol. The van der Waals surface area contributed by atoms with Crippen LogP contribution < -0.4 is 5.73 Å². The van der Waals surface area contributed by atoms with Crippen LogP contribution in [0.5, 0.6) is 0 Å². The fraction of sp³-hybridized carbons (Fsp3) is 0.909. The van der Waals surface area contributed by atoms with Gasteiger partial charge in [0.2, 0.25) is 0 Å². The van der Waals surface area contributed by atoms with Gasteiger partial charge in [0, 0.05) is 6.04 Å². The van der Waals surface area contributed by atoms with E-state index >= 15 is 0 Å². The summed E-state index contributed by atoms with van der Waals surface area (Å²) in [4.78, 5) is 11.0. The average Bonchev–Trinajstić information content (AvgIpc) is 2.08. The first kappa shape index (κ1) is 9.97. The number of rotatable bonds is 1. The minimum Gasteiger partial charge on any atom is -0.481 e. The maximum absolute atomic E-state index is 11.0. The smallest absolute Gasteiger partial charge is 0.308 e. The lowest BCUT2D eigenvalue weighted by atomic mass is 9.57. The second-order valence-electron chi connectivity index (χ2n) is 4.76. The van der Waals surface area contributed by atoms with Gasteiger partial charge in [0.15, 0.2) is 0 Å². The highest BCUT2D eigenvalue weighted by Gasteiger charge is 2.51. The molecule has 0 aromatic rings. The van der Waals surface area contributed by atoms with E-state index in [1.54, 1.807) is 0 Å². The van der Waals surface area contributed by atoms with E-state index in [0.29, 0.717) is 11.8 Å². The SMILES string of the molecule is N[C@H]1[C@@H]2CCCCCC[C@@H]2[C@@H]1C(=O)O. The van der Waals surface area contributed by atoms with Gasteiger partial charge in [-0.3, -0.25) is 4.79 Å². The molecule has 2 saturated carbocycles. The van der Waals surface area contributed by atoms with E-state index < -0.39 is 5.97 Å². The van der Waals surface area contributed by atoms with E-state index in [1.165, 1.54) is 25.7 Å². The minimum absolute atomic E-state index is 0.0735. The van der Waals surface area contributed by atoms with Crippen molar-refractivity contribution in [3.8, 4) is 0 Å². The van der Waals surface area contributed by atoms with Crippen LogP contribution >= 0.6 is 0 Å². The van der Waals surface area contributed by atoms with Gasteiger partial charge >= 0.3 is 5.97 Å². The second kappa shape index (κ2) is 3.89. The van der Waals surface area contributed by atoms with Gasteiger partial charge in [0.1, 0.15) is 0 Å². The Morgan fingerprint density at radius 3 is 2.21 bits per heavy atom. The molecule has 2 rings (SSSR count). The van der Waals surface area contributed by atoms with E-state index in [0.717, 1.165) is 12.8 Å². The van der Waals surface area contributed by atoms with Crippen LogP contribution in [-0.4, -0.2) is 17.1 Å². The molecule has 0 aliphatic heterocycles. The van der Waals surface area contributed by atoms with Crippen LogP contribution in [0.4, 0.5) is 0 Å². The molecule has 0 aromatic carbocycles. The number of aliphatic carboxylic acids is 1. The lowest BCUT2D eigenvalue weighted by Gasteiger charge is -2.49. The number of fused-ring (bicyclic) bond motifs is 1. The van der Waals surface area contributed by atoms with Crippen LogP contribution in [0.15, 0.2) is 0 Å². The molecule has 14 heavy (non-hydrogen) atoms. The summed E-state index contributed by atoms with van der Waals surface area (Å²) < 4.78 is 0. The number of hydrogen-bond acceptors (Lipinski definition) is 2. The standard InChI is InChI=1S/C11H19NO2/c12-10-8-6-4-2-1-3-5-7(8)9(10)11(13)14/h7-10H,1-6,12H2,(H,13,14)/t7-,8+,9-,10-/m0/s1. The van der Waals surface area contributed by atoms with Crippen molar-refractivity contribution in [2.45, 2.75) is 44.6 Å². The molecule has 3 N–H and O–H groups in total. The van der Waals surface area contributed by atoms with Crippen molar-refractivity contribution < 1.29 is 9.90 Å². The largest absolute Gasteiger partial charge is 0.481 e. The van der Waals surface area contributed by atoms with Gasteiger partial charge in [0.25, 0.3) is 0 Å². The average molecular weight is 197 g/mol. The molecule has 0 unspecified atom stereocenters. The van der Waals surface area contributed by atoms with Crippen molar-refractivity contribution in [1.82, 2.24) is 0 Å². The highest BCUT2D eigenvalue weighted by atomic mass is 16.4. The summed E-state index contributed by atoms with van der Waals surface area (Å²) in [5.41, 5.74) is 5.92. The normalized spacial score (nSPS) is 42.9. The van der Waals surface area contributed by atoms with Gasteiger partial charge in [-0.1, -0.05) is 25.7 Å². The van der Waals surface area contributed by atoms with E-state index in [-0.39, 0.29) is 12.0 Å². The molecule has 0 saturated heterocycles. The van der Waals surface area contributed by atoms with Crippen molar-refractivity contribution in [2.24, 2.45) is 23.5 Å². The molecule has 80 valence electrons. The molecule has 3 heteroatoms. The third-order valence-electron chi connectivity index (χ3n) is 4.03. The fourth-order valence-electron chi connectivity index (χ4n) is 3.22. The summed E-state index contributed by atoms with van der Waals surface area (Å²) in [5, 5.41) is 9.02. The summed E-state index contributed by atoms with van der Waals surface area (Å²) in [6, 6.07) is -0.0735. The summed E-state index contributed by atoms with van der Waals surface area (Å²) in [6.07, 6.45) is 7.22. The Morgan fingerprint density at radius 2 is 1.64 bits per heavy atom. The molecule has 0 heterocycles. The van der Waals surface area contributed by atoms with Crippen molar-refractivity contribution in [1.29, 1.82) is 0 Å². The van der Waals surface area contributed by atoms with Crippen LogP contribution in [0.3, 0.4) is 0 Å². The fourth-order valence-corrected chi connectivity index (χ4v) is 3.22. The van der Waals surface area contributed by atoms with Crippen LogP contribution in [0.25, 0.3) is 0 Å². The van der Waals surface area contributed by atoms with E-state index in [4.69, 9.17) is 10.8 Å². The number of nitrogens with two attached hydrogens (primary N) is 1. The van der Waals surface area contributed by atoms with Gasteiger partial charge in [-0.15, -0.1) is 0 Å². The van der Waals surface area contributed by atoms with E-state index in [9.17, 15) is 4.79 Å². The summed E-state index contributed by atoms with van der Waals surface area (Å²) in [5.74, 6) is -0.0587. The monoisotopic (exact) mass is 197 g/mol. The Balaban J connectivity index is 2.01. The second-order valence-corrected chi connectivity index (χ2v) is 4.76. The van der Waals surface area contributed by atoms with Gasteiger partial charge in [0.05, 0.1) is 5.92 Å². The lowest BCUT2D eigenvalue weighted by molar-refractivity contribution is -0.154. The van der Waals surface area contributed by atoms with Crippen LogP contribution in [0.2, 0.25) is 0 Å². The Morgan fingerprint density at radius 1 is 1.07 bits per heavy atom. The van der Waals surface area contributed by atoms with E-state index in [1.807, 2.05) is 0 Å². The molecule has 2 aliphatic rings. The Kier molecular flexibility index (Phi) is 2.77. The van der Waals surface area contributed by atoms with Gasteiger partial charge in [-0.05, 0) is 24.7 Å². The first-order valence-electron chi connectivity index (χ1n) is 5.70. The highest BCUT2D eigenvalue weighted by Crippen LogP contribution is 2.46. The first-order chi connectivity index (χ1) is 6.72. The molecule has 3 nitrogen and oxygen atoms in total.